The van der Waals surface area contributed by atoms with Crippen molar-refractivity contribution >= 4 is 17.5 Å². The van der Waals surface area contributed by atoms with E-state index in [1.807, 2.05) is 26.0 Å². The highest BCUT2D eigenvalue weighted by atomic mass is 35.5. The minimum atomic E-state index is -0.565. The number of hydrogen-bond donors (Lipinski definition) is 2. The lowest BCUT2D eigenvalue weighted by atomic mass is 10.2. The van der Waals surface area contributed by atoms with Crippen LogP contribution in [0.25, 0.3) is 5.69 Å². The second-order valence-corrected chi connectivity index (χ2v) is 5.38. The van der Waals surface area contributed by atoms with E-state index in [1.165, 1.54) is 0 Å². The predicted molar refractivity (Wildman–Crippen MR) is 82.1 cm³/mol. The highest BCUT2D eigenvalue weighted by molar-refractivity contribution is 6.31. The zero-order valence-electron chi connectivity index (χ0n) is 12.2. The van der Waals surface area contributed by atoms with Gasteiger partial charge in [0.1, 0.15) is 0 Å². The lowest BCUT2D eigenvalue weighted by Crippen LogP contribution is -2.30. The van der Waals surface area contributed by atoms with Crippen LogP contribution in [0.2, 0.25) is 5.02 Å². The minimum absolute atomic E-state index is 0.214. The average molecular weight is 308 g/mol. The summed E-state index contributed by atoms with van der Waals surface area (Å²) in [5.74, 6) is -0.214. The zero-order chi connectivity index (χ0) is 15.6. The molecule has 0 fully saturated rings. The molecule has 0 saturated carbocycles. The van der Waals surface area contributed by atoms with Gasteiger partial charge in [-0.2, -0.15) is 5.10 Å². The molecule has 6 heteroatoms. The molecule has 0 spiro atoms. The summed E-state index contributed by atoms with van der Waals surface area (Å²) in [4.78, 5) is 11.9. The Bertz CT molecular complexity index is 648. The highest BCUT2D eigenvalue weighted by Gasteiger charge is 2.11. The normalized spacial score (nSPS) is 12.2. The van der Waals surface area contributed by atoms with Crippen LogP contribution in [0.3, 0.4) is 0 Å². The van der Waals surface area contributed by atoms with Crippen molar-refractivity contribution < 1.29 is 9.90 Å². The van der Waals surface area contributed by atoms with E-state index in [1.54, 1.807) is 23.7 Å². The summed E-state index contributed by atoms with van der Waals surface area (Å²) < 4.78 is 1.75. The Balaban J connectivity index is 2.19. The van der Waals surface area contributed by atoms with Gasteiger partial charge in [0.05, 0.1) is 28.2 Å². The van der Waals surface area contributed by atoms with Gasteiger partial charge in [0.15, 0.2) is 0 Å². The summed E-state index contributed by atoms with van der Waals surface area (Å²) >= 11 is 6.13. The maximum Gasteiger partial charge on any atom is 0.251 e. The SMILES string of the molecule is Cc1nn(-c2ccc(C(=O)NCC(C)O)cc2)c(C)c1Cl. The monoisotopic (exact) mass is 307 g/mol. The smallest absolute Gasteiger partial charge is 0.251 e. The fraction of sp³-hybridized carbons (Fsp3) is 0.333. The Morgan fingerprint density at radius 3 is 2.48 bits per heavy atom. The number of aryl methyl sites for hydroxylation is 1. The first-order chi connectivity index (χ1) is 9.90. The zero-order valence-corrected chi connectivity index (χ0v) is 13.0. The first-order valence-electron chi connectivity index (χ1n) is 6.68. The van der Waals surface area contributed by atoms with Crippen molar-refractivity contribution in [1.82, 2.24) is 15.1 Å². The summed E-state index contributed by atoms with van der Waals surface area (Å²) in [6.45, 7) is 5.60. The number of aliphatic hydroxyl groups excluding tert-OH is 1. The molecule has 1 amide bonds. The number of aromatic nitrogens is 2. The van der Waals surface area contributed by atoms with Gasteiger partial charge in [-0.25, -0.2) is 4.68 Å². The number of rotatable bonds is 4. The summed E-state index contributed by atoms with van der Waals surface area (Å²) in [5, 5.41) is 16.8. The lowest BCUT2D eigenvalue weighted by Gasteiger charge is -2.08. The maximum absolute atomic E-state index is 11.9. The Morgan fingerprint density at radius 1 is 1.38 bits per heavy atom. The molecule has 1 unspecified atom stereocenters. The number of nitrogens with one attached hydrogen (secondary N) is 1. The van der Waals surface area contributed by atoms with Crippen LogP contribution in [-0.2, 0) is 0 Å². The molecule has 2 aromatic rings. The summed E-state index contributed by atoms with van der Waals surface area (Å²) in [6, 6.07) is 7.06. The van der Waals surface area contributed by atoms with Crippen molar-refractivity contribution in [3.8, 4) is 5.69 Å². The third-order valence-corrected chi connectivity index (χ3v) is 3.68. The molecule has 0 aliphatic carbocycles. The van der Waals surface area contributed by atoms with Gasteiger partial charge in [0, 0.05) is 12.1 Å². The first-order valence-corrected chi connectivity index (χ1v) is 7.06. The fourth-order valence-corrected chi connectivity index (χ4v) is 2.09. The Morgan fingerprint density at radius 2 is 2.00 bits per heavy atom. The van der Waals surface area contributed by atoms with Crippen molar-refractivity contribution in [2.75, 3.05) is 6.54 Å². The van der Waals surface area contributed by atoms with Crippen LogP contribution in [0.15, 0.2) is 24.3 Å². The van der Waals surface area contributed by atoms with E-state index in [0.717, 1.165) is 17.1 Å². The van der Waals surface area contributed by atoms with Crippen molar-refractivity contribution in [3.05, 3.63) is 46.2 Å². The van der Waals surface area contributed by atoms with E-state index in [9.17, 15) is 4.79 Å². The van der Waals surface area contributed by atoms with Crippen LogP contribution in [0.4, 0.5) is 0 Å². The number of aliphatic hydroxyl groups is 1. The number of benzene rings is 1. The third kappa shape index (κ3) is 3.43. The molecule has 0 bridgehead atoms. The van der Waals surface area contributed by atoms with Crippen LogP contribution in [-0.4, -0.2) is 33.4 Å². The molecule has 5 nitrogen and oxygen atoms in total. The van der Waals surface area contributed by atoms with Gasteiger partial charge in [-0.05, 0) is 45.0 Å². The van der Waals surface area contributed by atoms with Crippen LogP contribution in [0, 0.1) is 13.8 Å². The van der Waals surface area contributed by atoms with E-state index in [4.69, 9.17) is 16.7 Å². The molecule has 1 aromatic carbocycles. The van der Waals surface area contributed by atoms with Crippen molar-refractivity contribution in [2.24, 2.45) is 0 Å². The summed E-state index contributed by atoms with van der Waals surface area (Å²) in [5.41, 5.74) is 3.01. The van der Waals surface area contributed by atoms with Gasteiger partial charge in [-0.3, -0.25) is 4.79 Å². The van der Waals surface area contributed by atoms with E-state index < -0.39 is 6.10 Å². The number of carbonyl (C=O) groups excluding carboxylic acids is 1. The molecule has 1 atom stereocenters. The number of halogens is 1. The number of carbonyl (C=O) groups is 1. The second kappa shape index (κ2) is 6.28. The molecule has 0 radical (unpaired) electrons. The molecule has 0 saturated heterocycles. The lowest BCUT2D eigenvalue weighted by molar-refractivity contribution is 0.0924. The van der Waals surface area contributed by atoms with E-state index in [2.05, 4.69) is 10.4 Å². The summed E-state index contributed by atoms with van der Waals surface area (Å²) in [7, 11) is 0. The van der Waals surface area contributed by atoms with Gasteiger partial charge in [0.25, 0.3) is 5.91 Å². The predicted octanol–water partition coefficient (Wildman–Crippen LogP) is 2.25. The van der Waals surface area contributed by atoms with Gasteiger partial charge < -0.3 is 10.4 Å². The molecule has 2 rings (SSSR count). The van der Waals surface area contributed by atoms with Crippen molar-refractivity contribution in [2.45, 2.75) is 26.9 Å². The van der Waals surface area contributed by atoms with Crippen LogP contribution in [0.1, 0.15) is 28.7 Å². The number of nitrogens with zero attached hydrogens (tertiary/aromatic N) is 2. The highest BCUT2D eigenvalue weighted by Crippen LogP contribution is 2.22. The molecule has 112 valence electrons. The van der Waals surface area contributed by atoms with Crippen LogP contribution >= 0.6 is 11.6 Å². The maximum atomic E-state index is 11.9. The largest absolute Gasteiger partial charge is 0.392 e. The quantitative estimate of drug-likeness (QED) is 0.910. The van der Waals surface area contributed by atoms with Crippen LogP contribution in [0.5, 0.6) is 0 Å². The Kier molecular flexibility index (Phi) is 4.65. The van der Waals surface area contributed by atoms with Crippen molar-refractivity contribution in [3.63, 3.8) is 0 Å². The second-order valence-electron chi connectivity index (χ2n) is 5.00. The summed E-state index contributed by atoms with van der Waals surface area (Å²) in [6.07, 6.45) is -0.565. The molecular formula is C15H18ClN3O2. The average Bonchev–Trinajstić information content (AvgIpc) is 2.72. The van der Waals surface area contributed by atoms with E-state index in [-0.39, 0.29) is 12.5 Å². The van der Waals surface area contributed by atoms with Gasteiger partial charge in [-0.1, -0.05) is 11.6 Å². The third-order valence-electron chi connectivity index (χ3n) is 3.14. The molecular weight excluding hydrogens is 290 g/mol. The van der Waals surface area contributed by atoms with Gasteiger partial charge in [0.2, 0.25) is 0 Å². The first kappa shape index (κ1) is 15.5. The fourth-order valence-electron chi connectivity index (χ4n) is 1.97. The molecule has 2 N–H and O–H groups in total. The Hall–Kier alpha value is -1.85. The van der Waals surface area contributed by atoms with Gasteiger partial charge in [-0.15, -0.1) is 0 Å². The Labute approximate surface area is 128 Å². The van der Waals surface area contributed by atoms with Gasteiger partial charge >= 0.3 is 0 Å². The molecule has 1 aromatic heterocycles. The standard InChI is InChI=1S/C15H18ClN3O2/c1-9(20)8-17-15(21)12-4-6-13(7-5-12)19-11(3)14(16)10(2)18-19/h4-7,9,20H,8H2,1-3H3,(H,17,21). The van der Waals surface area contributed by atoms with E-state index >= 15 is 0 Å². The van der Waals surface area contributed by atoms with Crippen molar-refractivity contribution in [1.29, 1.82) is 0 Å². The van der Waals surface area contributed by atoms with E-state index in [0.29, 0.717) is 10.6 Å². The molecule has 0 aliphatic rings. The van der Waals surface area contributed by atoms with Crippen LogP contribution < -0.4 is 5.32 Å². The molecule has 21 heavy (non-hydrogen) atoms. The molecule has 0 aliphatic heterocycles. The number of hydrogen-bond acceptors (Lipinski definition) is 3. The molecule has 1 heterocycles. The topological polar surface area (TPSA) is 67.2 Å². The number of amides is 1. The minimum Gasteiger partial charge on any atom is -0.392 e.